The first-order chi connectivity index (χ1) is 3.81. The van der Waals surface area contributed by atoms with E-state index in [1.54, 1.807) is 6.92 Å². The van der Waals surface area contributed by atoms with E-state index in [9.17, 15) is 4.79 Å². The summed E-state index contributed by atoms with van der Waals surface area (Å²) in [6.45, 7) is 2.29. The van der Waals surface area contributed by atoms with Crippen LogP contribution < -0.4 is 0 Å². The lowest BCUT2D eigenvalue weighted by Gasteiger charge is -1.96. The van der Waals surface area contributed by atoms with Gasteiger partial charge in [0.2, 0.25) is 0 Å². The van der Waals surface area contributed by atoms with Crippen molar-refractivity contribution < 1.29 is 9.53 Å². The van der Waals surface area contributed by atoms with Gasteiger partial charge in [-0.1, -0.05) is 22.3 Å². The van der Waals surface area contributed by atoms with Gasteiger partial charge in [0, 0.05) is 0 Å². The maximum Gasteiger partial charge on any atom is 0.315 e. The van der Waals surface area contributed by atoms with Gasteiger partial charge in [-0.3, -0.25) is 4.79 Å². The van der Waals surface area contributed by atoms with Gasteiger partial charge >= 0.3 is 5.97 Å². The summed E-state index contributed by atoms with van der Waals surface area (Å²) in [7, 11) is 0. The lowest BCUT2D eigenvalue weighted by atomic mass is 10.8. The van der Waals surface area contributed by atoms with Crippen molar-refractivity contribution in [2.24, 2.45) is 0 Å². The highest BCUT2D eigenvalue weighted by Crippen LogP contribution is 1.91. The molecule has 11 heavy (non-hydrogen) atoms. The monoisotopic (exact) mass is 182 g/mol. The molecule has 0 aliphatic heterocycles. The van der Waals surface area contributed by atoms with E-state index in [1.807, 2.05) is 6.26 Å². The fourth-order valence-electron chi connectivity index (χ4n) is 0.321. The average Bonchev–Trinajstić information content (AvgIpc) is 1.68. The third-order valence-electron chi connectivity index (χ3n) is 0.568. The molecule has 0 aromatic heterocycles. The van der Waals surface area contributed by atoms with Gasteiger partial charge in [-0.15, -0.1) is 0 Å². The SMILES string of the molecule is C.C.C.CCOC(=O)CSC. The van der Waals surface area contributed by atoms with E-state index in [4.69, 9.17) is 0 Å². The van der Waals surface area contributed by atoms with Crippen LogP contribution in [0.5, 0.6) is 0 Å². The Balaban J connectivity index is -0.0000000817. The zero-order chi connectivity index (χ0) is 6.41. The van der Waals surface area contributed by atoms with Gasteiger partial charge in [-0.05, 0) is 13.2 Å². The first-order valence-electron chi connectivity index (χ1n) is 2.45. The standard InChI is InChI=1S/C5H10O2S.3CH4/c1-3-7-5(6)4-8-2;;;/h3-4H2,1-2H3;3*1H4. The van der Waals surface area contributed by atoms with Gasteiger partial charge in [-0.25, -0.2) is 0 Å². The molecule has 0 amide bonds. The van der Waals surface area contributed by atoms with Gasteiger partial charge in [0.05, 0.1) is 12.4 Å². The molecule has 0 unspecified atom stereocenters. The molecule has 0 saturated heterocycles. The summed E-state index contributed by atoms with van der Waals surface area (Å²) in [6, 6.07) is 0. The lowest BCUT2D eigenvalue weighted by molar-refractivity contribution is -0.139. The number of ether oxygens (including phenoxy) is 1. The van der Waals surface area contributed by atoms with Crippen LogP contribution in [0.25, 0.3) is 0 Å². The number of hydrogen-bond donors (Lipinski definition) is 0. The molecule has 0 saturated carbocycles. The van der Waals surface area contributed by atoms with Crippen molar-refractivity contribution >= 4 is 17.7 Å². The molecule has 0 spiro atoms. The molecule has 0 heterocycles. The molecular formula is C8H22O2S. The molecule has 0 bridgehead atoms. The maximum atomic E-state index is 10.4. The van der Waals surface area contributed by atoms with E-state index >= 15 is 0 Å². The van der Waals surface area contributed by atoms with E-state index in [0.29, 0.717) is 12.4 Å². The van der Waals surface area contributed by atoms with Gasteiger partial charge in [0.1, 0.15) is 0 Å². The molecule has 0 radical (unpaired) electrons. The molecule has 0 aliphatic rings. The third kappa shape index (κ3) is 17.7. The fourth-order valence-corrected chi connectivity index (χ4v) is 0.640. The Morgan fingerprint density at radius 2 is 1.82 bits per heavy atom. The second-order valence-corrected chi connectivity index (χ2v) is 2.10. The first kappa shape index (κ1) is 22.4. The van der Waals surface area contributed by atoms with Crippen LogP contribution in [0.15, 0.2) is 0 Å². The number of hydrogen-bond acceptors (Lipinski definition) is 3. The van der Waals surface area contributed by atoms with Gasteiger partial charge in [-0.2, -0.15) is 11.8 Å². The summed E-state index contributed by atoms with van der Waals surface area (Å²) in [5, 5.41) is 0. The summed E-state index contributed by atoms with van der Waals surface area (Å²) in [6.07, 6.45) is 1.87. The molecule has 0 rings (SSSR count). The molecule has 2 nitrogen and oxygen atoms in total. The van der Waals surface area contributed by atoms with Crippen molar-refractivity contribution in [2.75, 3.05) is 18.6 Å². The smallest absolute Gasteiger partial charge is 0.315 e. The van der Waals surface area contributed by atoms with Crippen LogP contribution in [-0.2, 0) is 9.53 Å². The van der Waals surface area contributed by atoms with Crippen LogP contribution in [0, 0.1) is 0 Å². The Hall–Kier alpha value is -0.180. The van der Waals surface area contributed by atoms with Crippen molar-refractivity contribution in [3.05, 3.63) is 0 Å². The van der Waals surface area contributed by atoms with Crippen molar-refractivity contribution in [1.29, 1.82) is 0 Å². The van der Waals surface area contributed by atoms with Crippen LogP contribution in [0.2, 0.25) is 0 Å². The van der Waals surface area contributed by atoms with E-state index in [1.165, 1.54) is 11.8 Å². The quantitative estimate of drug-likeness (QED) is 0.628. The Morgan fingerprint density at radius 3 is 2.09 bits per heavy atom. The minimum Gasteiger partial charge on any atom is -0.465 e. The fraction of sp³-hybridized carbons (Fsp3) is 0.875. The van der Waals surface area contributed by atoms with Crippen LogP contribution >= 0.6 is 11.8 Å². The predicted octanol–water partition coefficient (Wildman–Crippen LogP) is 2.82. The number of carbonyl (C=O) groups is 1. The van der Waals surface area contributed by atoms with Crippen molar-refractivity contribution in [3.8, 4) is 0 Å². The topological polar surface area (TPSA) is 26.3 Å². The van der Waals surface area contributed by atoms with E-state index in [-0.39, 0.29) is 28.2 Å². The number of carbonyl (C=O) groups excluding carboxylic acids is 1. The normalized spacial score (nSPS) is 6.36. The van der Waals surface area contributed by atoms with E-state index < -0.39 is 0 Å². The minimum absolute atomic E-state index is 0. The molecule has 0 aromatic carbocycles. The Bertz CT molecular complexity index is 66.5. The molecular weight excluding hydrogens is 160 g/mol. The van der Waals surface area contributed by atoms with E-state index in [2.05, 4.69) is 4.74 Å². The number of esters is 1. The predicted molar refractivity (Wildman–Crippen MR) is 55.2 cm³/mol. The van der Waals surface area contributed by atoms with Crippen LogP contribution in [0.1, 0.15) is 29.2 Å². The third-order valence-corrected chi connectivity index (χ3v) is 1.09. The largest absolute Gasteiger partial charge is 0.465 e. The second-order valence-electron chi connectivity index (χ2n) is 1.24. The summed E-state index contributed by atoms with van der Waals surface area (Å²) < 4.78 is 4.62. The van der Waals surface area contributed by atoms with Gasteiger partial charge in [0.25, 0.3) is 0 Å². The zero-order valence-corrected chi connectivity index (χ0v) is 5.96. The van der Waals surface area contributed by atoms with E-state index in [0.717, 1.165) is 0 Å². The van der Waals surface area contributed by atoms with Crippen LogP contribution in [0.4, 0.5) is 0 Å². The molecule has 0 atom stereocenters. The molecule has 72 valence electrons. The van der Waals surface area contributed by atoms with Gasteiger partial charge in [0.15, 0.2) is 0 Å². The first-order valence-corrected chi connectivity index (χ1v) is 3.85. The summed E-state index contributed by atoms with van der Waals surface area (Å²) >= 11 is 1.48. The van der Waals surface area contributed by atoms with Crippen molar-refractivity contribution in [2.45, 2.75) is 29.2 Å². The average molecular weight is 182 g/mol. The minimum atomic E-state index is -0.125. The van der Waals surface area contributed by atoms with Crippen molar-refractivity contribution in [3.63, 3.8) is 0 Å². The highest BCUT2D eigenvalue weighted by molar-refractivity contribution is 7.99. The Morgan fingerprint density at radius 1 is 1.36 bits per heavy atom. The Labute approximate surface area is 75.7 Å². The molecule has 0 aromatic rings. The summed E-state index contributed by atoms with van der Waals surface area (Å²) in [4.78, 5) is 10.4. The molecule has 3 heteroatoms. The Kier molecular flexibility index (Phi) is 33.5. The molecule has 0 fully saturated rings. The highest BCUT2D eigenvalue weighted by atomic mass is 32.2. The summed E-state index contributed by atoms with van der Waals surface area (Å²) in [5.41, 5.74) is 0. The van der Waals surface area contributed by atoms with Gasteiger partial charge < -0.3 is 4.74 Å². The second kappa shape index (κ2) is 16.4. The van der Waals surface area contributed by atoms with Crippen LogP contribution in [0.3, 0.4) is 0 Å². The molecule has 0 aliphatic carbocycles. The summed E-state index contributed by atoms with van der Waals surface area (Å²) in [5.74, 6) is 0.341. The number of rotatable bonds is 3. The number of thioether (sulfide) groups is 1. The van der Waals surface area contributed by atoms with Crippen molar-refractivity contribution in [1.82, 2.24) is 0 Å². The molecule has 0 N–H and O–H groups in total. The lowest BCUT2D eigenvalue weighted by Crippen LogP contribution is -2.05. The van der Waals surface area contributed by atoms with Crippen LogP contribution in [-0.4, -0.2) is 24.6 Å². The highest BCUT2D eigenvalue weighted by Gasteiger charge is 1.95. The zero-order valence-electron chi connectivity index (χ0n) is 5.14. The maximum absolute atomic E-state index is 10.4.